The second-order valence-electron chi connectivity index (χ2n) is 11.8. The molecule has 13 heteroatoms. The normalized spacial score (nSPS) is 19.7. The lowest BCUT2D eigenvalue weighted by Crippen LogP contribution is -2.31. The van der Waals surface area contributed by atoms with E-state index in [-0.39, 0.29) is 10.6 Å². The molecule has 0 radical (unpaired) electrons. The average Bonchev–Trinajstić information content (AvgIpc) is 3.79. The van der Waals surface area contributed by atoms with E-state index in [2.05, 4.69) is 54.5 Å². The molecule has 43 heavy (non-hydrogen) atoms. The Hall–Kier alpha value is -3.81. The zero-order valence-electron chi connectivity index (χ0n) is 25.9. The number of anilines is 3. The van der Waals surface area contributed by atoms with Crippen molar-refractivity contribution in [2.45, 2.75) is 50.7 Å². The van der Waals surface area contributed by atoms with Gasteiger partial charge in [0.2, 0.25) is 5.95 Å². The largest absolute Gasteiger partial charge is 0.494 e. The molecular weight excluding hydrogens is 548 g/mol. The number of hydrogen-bond donors (Lipinski definition) is 2. The SMILES string of the molecule is CN(C)[C@@H]1CCNC1.COc1cc(N2CC[C@@H](N(C)C)C2)c([N+](=O)[O-])cc1Nc1nccc(-c2cnn3c2CCCC3)n1. The van der Waals surface area contributed by atoms with Crippen LogP contribution in [0.3, 0.4) is 0 Å². The first-order valence-corrected chi connectivity index (χ1v) is 15.0. The summed E-state index contributed by atoms with van der Waals surface area (Å²) in [4.78, 5) is 27.2. The predicted octanol–water partition coefficient (Wildman–Crippen LogP) is 3.39. The van der Waals surface area contributed by atoms with Gasteiger partial charge in [-0.3, -0.25) is 14.8 Å². The fraction of sp³-hybridized carbons (Fsp3) is 0.567. The van der Waals surface area contributed by atoms with Crippen LogP contribution in [0.5, 0.6) is 5.75 Å². The summed E-state index contributed by atoms with van der Waals surface area (Å²) in [5.74, 6) is 0.836. The second-order valence-corrected chi connectivity index (χ2v) is 11.8. The molecule has 2 aromatic heterocycles. The fourth-order valence-corrected chi connectivity index (χ4v) is 6.01. The van der Waals surface area contributed by atoms with E-state index in [1.54, 1.807) is 19.4 Å². The van der Waals surface area contributed by atoms with Crippen molar-refractivity contribution >= 4 is 23.0 Å². The quantitative estimate of drug-likeness (QED) is 0.295. The minimum Gasteiger partial charge on any atom is -0.494 e. The summed E-state index contributed by atoms with van der Waals surface area (Å²) in [6, 6.07) is 6.24. The molecule has 232 valence electrons. The number of nitro groups is 1. The van der Waals surface area contributed by atoms with Crippen LogP contribution < -0.4 is 20.3 Å². The number of nitrogens with zero attached hydrogens (tertiary/aromatic N) is 8. The van der Waals surface area contributed by atoms with E-state index in [0.29, 0.717) is 29.1 Å². The molecule has 13 nitrogen and oxygen atoms in total. The average molecular weight is 593 g/mol. The van der Waals surface area contributed by atoms with Crippen LogP contribution in [0.15, 0.2) is 30.6 Å². The Bertz CT molecular complexity index is 1400. The highest BCUT2D eigenvalue weighted by molar-refractivity contribution is 5.77. The molecule has 3 aromatic rings. The highest BCUT2D eigenvalue weighted by atomic mass is 16.6. The molecule has 0 unspecified atom stereocenters. The van der Waals surface area contributed by atoms with E-state index >= 15 is 0 Å². The van der Waals surface area contributed by atoms with Crippen LogP contribution in [-0.2, 0) is 13.0 Å². The summed E-state index contributed by atoms with van der Waals surface area (Å²) in [5.41, 5.74) is 3.97. The van der Waals surface area contributed by atoms with Crippen molar-refractivity contribution in [1.82, 2.24) is 34.9 Å². The predicted molar refractivity (Wildman–Crippen MR) is 168 cm³/mol. The van der Waals surface area contributed by atoms with Crippen molar-refractivity contribution in [3.05, 3.63) is 46.4 Å². The molecule has 2 atom stereocenters. The number of methoxy groups -OCH3 is 1. The zero-order valence-corrected chi connectivity index (χ0v) is 25.9. The van der Waals surface area contributed by atoms with Gasteiger partial charge in [0, 0.05) is 67.8 Å². The summed E-state index contributed by atoms with van der Waals surface area (Å²) in [6.07, 6.45) is 9.02. The van der Waals surface area contributed by atoms with Crippen LogP contribution in [0.25, 0.3) is 11.3 Å². The van der Waals surface area contributed by atoms with E-state index in [0.717, 1.165) is 62.6 Å². The standard InChI is InChI=1S/C24H30N8O3.C6H14N2/c1-29(2)16-8-11-30(15-16)21-13-23(35-3)19(12-22(21)32(33)34)28-24-25-9-7-18(27-24)17-14-26-31-10-5-4-6-20(17)31;1-8(2)6-3-4-7-5-6/h7,9,12-14,16H,4-6,8,10-11,15H2,1-3H3,(H,25,27,28);6-7H,3-5H2,1-2H3/t16-;6-/m11/s1. The lowest BCUT2D eigenvalue weighted by Gasteiger charge is -2.22. The topological polar surface area (TPSA) is 130 Å². The van der Waals surface area contributed by atoms with E-state index in [1.165, 1.54) is 31.3 Å². The molecular formula is C30H44N10O3. The molecule has 0 amide bonds. The third-order valence-corrected chi connectivity index (χ3v) is 8.65. The Kier molecular flexibility index (Phi) is 9.73. The van der Waals surface area contributed by atoms with Gasteiger partial charge in [0.05, 0.1) is 29.6 Å². The lowest BCUT2D eigenvalue weighted by molar-refractivity contribution is -0.384. The Balaban J connectivity index is 0.000000400. The number of nitrogens with one attached hydrogen (secondary N) is 2. The fourth-order valence-electron chi connectivity index (χ4n) is 6.01. The number of hydrogen-bond acceptors (Lipinski definition) is 11. The molecule has 0 aliphatic carbocycles. The summed E-state index contributed by atoms with van der Waals surface area (Å²) >= 11 is 0. The smallest absolute Gasteiger partial charge is 0.294 e. The van der Waals surface area contributed by atoms with Gasteiger partial charge in [0.1, 0.15) is 11.4 Å². The molecule has 1 aromatic carbocycles. The highest BCUT2D eigenvalue weighted by Crippen LogP contribution is 2.40. The van der Waals surface area contributed by atoms with Crippen LogP contribution in [0, 0.1) is 10.1 Å². The van der Waals surface area contributed by atoms with Gasteiger partial charge >= 0.3 is 0 Å². The number of rotatable bonds is 8. The molecule has 3 aliphatic heterocycles. The molecule has 0 bridgehead atoms. The number of aryl methyl sites for hydroxylation is 1. The Morgan fingerprint density at radius 2 is 1.93 bits per heavy atom. The van der Waals surface area contributed by atoms with Crippen LogP contribution in [0.2, 0.25) is 0 Å². The maximum absolute atomic E-state index is 12.0. The van der Waals surface area contributed by atoms with Gasteiger partial charge in [-0.25, -0.2) is 9.97 Å². The second kappa shape index (κ2) is 13.7. The lowest BCUT2D eigenvalue weighted by atomic mass is 10.0. The van der Waals surface area contributed by atoms with E-state index < -0.39 is 0 Å². The van der Waals surface area contributed by atoms with E-state index in [4.69, 9.17) is 4.74 Å². The zero-order chi connectivity index (χ0) is 30.5. The molecule has 2 saturated heterocycles. The molecule has 5 heterocycles. The third-order valence-electron chi connectivity index (χ3n) is 8.65. The van der Waals surface area contributed by atoms with Crippen molar-refractivity contribution in [2.75, 3.05) is 71.7 Å². The first-order chi connectivity index (χ1) is 20.7. The molecule has 0 spiro atoms. The minimum atomic E-state index is -0.348. The van der Waals surface area contributed by atoms with Gasteiger partial charge in [0.25, 0.3) is 5.69 Å². The van der Waals surface area contributed by atoms with Crippen LogP contribution >= 0.6 is 0 Å². The van der Waals surface area contributed by atoms with Crippen LogP contribution in [0.1, 0.15) is 31.4 Å². The van der Waals surface area contributed by atoms with Gasteiger partial charge in [-0.15, -0.1) is 0 Å². The number of aromatic nitrogens is 4. The third kappa shape index (κ3) is 7.06. The van der Waals surface area contributed by atoms with Gasteiger partial charge in [-0.05, 0) is 72.9 Å². The molecule has 6 rings (SSSR count). The van der Waals surface area contributed by atoms with Crippen molar-refractivity contribution < 1.29 is 9.66 Å². The van der Waals surface area contributed by atoms with Gasteiger partial charge < -0.3 is 30.1 Å². The van der Waals surface area contributed by atoms with Crippen LogP contribution in [0.4, 0.5) is 23.0 Å². The van der Waals surface area contributed by atoms with Crippen molar-refractivity contribution in [3.63, 3.8) is 0 Å². The summed E-state index contributed by atoms with van der Waals surface area (Å²) < 4.78 is 7.65. The first kappa shape index (κ1) is 30.6. The number of benzene rings is 1. The molecule has 2 N–H and O–H groups in total. The maximum Gasteiger partial charge on any atom is 0.294 e. The maximum atomic E-state index is 12.0. The highest BCUT2D eigenvalue weighted by Gasteiger charge is 2.30. The molecule has 3 aliphatic rings. The Labute approximate surface area is 253 Å². The monoisotopic (exact) mass is 592 g/mol. The van der Waals surface area contributed by atoms with E-state index in [1.807, 2.05) is 31.0 Å². The summed E-state index contributed by atoms with van der Waals surface area (Å²) in [6.45, 7) is 4.77. The number of fused-ring (bicyclic) bond motifs is 1. The van der Waals surface area contributed by atoms with Gasteiger partial charge in [0.15, 0.2) is 0 Å². The molecule has 0 saturated carbocycles. The number of nitro benzene ring substituents is 1. The molecule has 2 fully saturated rings. The van der Waals surface area contributed by atoms with Crippen molar-refractivity contribution in [3.8, 4) is 17.0 Å². The van der Waals surface area contributed by atoms with Crippen molar-refractivity contribution in [1.29, 1.82) is 0 Å². The van der Waals surface area contributed by atoms with Gasteiger partial charge in [-0.2, -0.15) is 5.10 Å². The summed E-state index contributed by atoms with van der Waals surface area (Å²) in [7, 11) is 9.89. The minimum absolute atomic E-state index is 0.0227. The summed E-state index contributed by atoms with van der Waals surface area (Å²) in [5, 5.41) is 23.0. The van der Waals surface area contributed by atoms with E-state index in [9.17, 15) is 10.1 Å². The van der Waals surface area contributed by atoms with Crippen LogP contribution in [-0.4, -0.2) is 108 Å². The van der Waals surface area contributed by atoms with Gasteiger partial charge in [-0.1, -0.05) is 0 Å². The number of likely N-dealkylation sites (N-methyl/N-ethyl adjacent to an activating group) is 2. The number of ether oxygens (including phenoxy) is 1. The Morgan fingerprint density at radius 1 is 1.12 bits per heavy atom. The van der Waals surface area contributed by atoms with Crippen molar-refractivity contribution in [2.24, 2.45) is 0 Å². The Morgan fingerprint density at radius 3 is 2.58 bits per heavy atom. The first-order valence-electron chi connectivity index (χ1n) is 15.0.